The van der Waals surface area contributed by atoms with Crippen molar-refractivity contribution in [1.82, 2.24) is 5.32 Å². The summed E-state index contributed by atoms with van der Waals surface area (Å²) in [4.78, 5) is 23.4. The molecule has 1 atom stereocenters. The van der Waals surface area contributed by atoms with Crippen LogP contribution in [-0.2, 0) is 4.79 Å². The molecular formula is C11H14BrNO3S. The summed E-state index contributed by atoms with van der Waals surface area (Å²) in [7, 11) is 0. The quantitative estimate of drug-likeness (QED) is 0.900. The Labute approximate surface area is 112 Å². The zero-order chi connectivity index (χ0) is 13.2. The summed E-state index contributed by atoms with van der Waals surface area (Å²) < 4.78 is 0.838. The second-order valence-corrected chi connectivity index (χ2v) is 7.18. The van der Waals surface area contributed by atoms with Gasteiger partial charge in [-0.2, -0.15) is 0 Å². The van der Waals surface area contributed by atoms with Gasteiger partial charge in [-0.3, -0.25) is 4.79 Å². The van der Waals surface area contributed by atoms with Gasteiger partial charge in [0.1, 0.15) is 6.04 Å². The van der Waals surface area contributed by atoms with Crippen LogP contribution in [0.5, 0.6) is 0 Å². The standard InChI is InChI=1S/C11H14BrNO3S/c1-11(2,3)8(10(15)16)13-9(14)6-4-5-7(12)17-6/h4-5,8H,1-3H3,(H,13,14)(H,15,16)/t8-/m1/s1. The lowest BCUT2D eigenvalue weighted by molar-refractivity contribution is -0.142. The average molecular weight is 320 g/mol. The van der Waals surface area contributed by atoms with Crippen LogP contribution in [0.15, 0.2) is 15.9 Å². The second kappa shape index (κ2) is 5.18. The van der Waals surface area contributed by atoms with Crippen LogP contribution in [0, 0.1) is 5.41 Å². The van der Waals surface area contributed by atoms with Gasteiger partial charge in [-0.15, -0.1) is 11.3 Å². The van der Waals surface area contributed by atoms with Crippen LogP contribution in [0.2, 0.25) is 0 Å². The molecule has 0 saturated carbocycles. The molecule has 0 aliphatic rings. The van der Waals surface area contributed by atoms with Gasteiger partial charge >= 0.3 is 5.97 Å². The second-order valence-electron chi connectivity index (χ2n) is 4.71. The summed E-state index contributed by atoms with van der Waals surface area (Å²) in [6, 6.07) is 2.51. The summed E-state index contributed by atoms with van der Waals surface area (Å²) in [6.45, 7) is 5.32. The van der Waals surface area contributed by atoms with E-state index in [1.807, 2.05) is 0 Å². The molecule has 0 unspecified atom stereocenters. The summed E-state index contributed by atoms with van der Waals surface area (Å²) in [6.07, 6.45) is 0. The first-order valence-corrected chi connectivity index (χ1v) is 6.62. The van der Waals surface area contributed by atoms with Gasteiger partial charge in [-0.05, 0) is 33.5 Å². The van der Waals surface area contributed by atoms with Crippen molar-refractivity contribution in [2.75, 3.05) is 0 Å². The first-order valence-electron chi connectivity index (χ1n) is 5.01. The van der Waals surface area contributed by atoms with Gasteiger partial charge in [0, 0.05) is 0 Å². The molecule has 94 valence electrons. The van der Waals surface area contributed by atoms with E-state index in [0.717, 1.165) is 3.79 Å². The van der Waals surface area contributed by atoms with Crippen LogP contribution < -0.4 is 5.32 Å². The molecule has 1 rings (SSSR count). The molecule has 0 radical (unpaired) electrons. The molecule has 0 fully saturated rings. The molecule has 4 nitrogen and oxygen atoms in total. The summed E-state index contributed by atoms with van der Waals surface area (Å²) >= 11 is 4.53. The number of aliphatic carboxylic acids is 1. The third kappa shape index (κ3) is 3.81. The van der Waals surface area contributed by atoms with E-state index < -0.39 is 17.4 Å². The van der Waals surface area contributed by atoms with Crippen molar-refractivity contribution in [1.29, 1.82) is 0 Å². The lowest BCUT2D eigenvalue weighted by Gasteiger charge is -2.27. The van der Waals surface area contributed by atoms with E-state index >= 15 is 0 Å². The first kappa shape index (κ1) is 14.2. The maximum Gasteiger partial charge on any atom is 0.326 e. The van der Waals surface area contributed by atoms with Crippen molar-refractivity contribution < 1.29 is 14.7 Å². The molecule has 0 spiro atoms. The smallest absolute Gasteiger partial charge is 0.326 e. The van der Waals surface area contributed by atoms with Gasteiger partial charge < -0.3 is 10.4 Å². The summed E-state index contributed by atoms with van der Waals surface area (Å²) in [5.41, 5.74) is -0.532. The third-order valence-corrected chi connectivity index (χ3v) is 3.81. The highest BCUT2D eigenvalue weighted by molar-refractivity contribution is 9.11. The summed E-state index contributed by atoms with van der Waals surface area (Å²) in [5.74, 6) is -1.38. The van der Waals surface area contributed by atoms with E-state index in [1.165, 1.54) is 11.3 Å². The van der Waals surface area contributed by atoms with E-state index in [1.54, 1.807) is 32.9 Å². The Balaban J connectivity index is 2.82. The Kier molecular flexibility index (Phi) is 4.32. The van der Waals surface area contributed by atoms with Crippen molar-refractivity contribution in [3.8, 4) is 0 Å². The highest BCUT2D eigenvalue weighted by Gasteiger charge is 2.32. The number of carboxylic acids is 1. The number of hydrogen-bond donors (Lipinski definition) is 2. The first-order chi connectivity index (χ1) is 7.71. The number of carbonyl (C=O) groups is 2. The molecule has 1 amide bonds. The molecule has 0 aromatic carbocycles. The number of thiophene rings is 1. The van der Waals surface area contributed by atoms with Crippen LogP contribution >= 0.6 is 27.3 Å². The minimum Gasteiger partial charge on any atom is -0.480 e. The molecule has 1 aromatic rings. The summed E-state index contributed by atoms with van der Waals surface area (Å²) in [5, 5.41) is 11.6. The van der Waals surface area contributed by atoms with E-state index in [0.29, 0.717) is 4.88 Å². The molecule has 2 N–H and O–H groups in total. The van der Waals surface area contributed by atoms with Crippen LogP contribution in [0.25, 0.3) is 0 Å². The molecule has 0 aliphatic heterocycles. The SMILES string of the molecule is CC(C)(C)[C@H](NC(=O)c1ccc(Br)s1)C(=O)O. The van der Waals surface area contributed by atoms with Gasteiger partial charge in [0.05, 0.1) is 8.66 Å². The van der Waals surface area contributed by atoms with Crippen molar-refractivity contribution in [2.24, 2.45) is 5.41 Å². The zero-order valence-corrected chi connectivity index (χ0v) is 12.2. The fourth-order valence-electron chi connectivity index (χ4n) is 1.29. The normalized spacial score (nSPS) is 13.2. The Hall–Kier alpha value is -0.880. The monoisotopic (exact) mass is 319 g/mol. The lowest BCUT2D eigenvalue weighted by atomic mass is 9.87. The number of halogens is 1. The molecule has 0 aliphatic carbocycles. The molecule has 1 heterocycles. The van der Waals surface area contributed by atoms with E-state index in [2.05, 4.69) is 21.2 Å². The maximum atomic E-state index is 11.8. The molecule has 0 saturated heterocycles. The lowest BCUT2D eigenvalue weighted by Crippen LogP contribution is -2.48. The predicted octanol–water partition coefficient (Wildman–Crippen LogP) is 2.74. The fraction of sp³-hybridized carbons (Fsp3) is 0.455. The van der Waals surface area contributed by atoms with Crippen molar-refractivity contribution >= 4 is 39.1 Å². The van der Waals surface area contributed by atoms with E-state index in [4.69, 9.17) is 5.11 Å². The average Bonchev–Trinajstić information content (AvgIpc) is 2.58. The topological polar surface area (TPSA) is 66.4 Å². The van der Waals surface area contributed by atoms with Crippen LogP contribution in [-0.4, -0.2) is 23.0 Å². The minimum absolute atomic E-state index is 0.358. The molecular weight excluding hydrogens is 306 g/mol. The number of carbonyl (C=O) groups excluding carboxylic acids is 1. The number of hydrogen-bond acceptors (Lipinski definition) is 3. The van der Waals surface area contributed by atoms with Crippen LogP contribution in [0.1, 0.15) is 30.4 Å². The van der Waals surface area contributed by atoms with E-state index in [9.17, 15) is 9.59 Å². The Bertz CT molecular complexity index is 436. The molecule has 1 aromatic heterocycles. The van der Waals surface area contributed by atoms with Crippen molar-refractivity contribution in [3.05, 3.63) is 20.8 Å². The Morgan fingerprint density at radius 3 is 2.35 bits per heavy atom. The third-order valence-electron chi connectivity index (χ3n) is 2.19. The van der Waals surface area contributed by atoms with Crippen LogP contribution in [0.3, 0.4) is 0 Å². The van der Waals surface area contributed by atoms with Gasteiger partial charge in [-0.1, -0.05) is 20.8 Å². The van der Waals surface area contributed by atoms with E-state index in [-0.39, 0.29) is 5.91 Å². The maximum absolute atomic E-state index is 11.8. The number of nitrogens with one attached hydrogen (secondary N) is 1. The van der Waals surface area contributed by atoms with Crippen molar-refractivity contribution in [2.45, 2.75) is 26.8 Å². The van der Waals surface area contributed by atoms with Gasteiger partial charge in [0.15, 0.2) is 0 Å². The van der Waals surface area contributed by atoms with Gasteiger partial charge in [-0.25, -0.2) is 4.79 Å². The Morgan fingerprint density at radius 2 is 2.00 bits per heavy atom. The zero-order valence-electron chi connectivity index (χ0n) is 9.78. The minimum atomic E-state index is -1.03. The van der Waals surface area contributed by atoms with Gasteiger partial charge in [0.25, 0.3) is 5.91 Å². The molecule has 6 heteroatoms. The highest BCUT2D eigenvalue weighted by atomic mass is 79.9. The number of rotatable bonds is 3. The molecule has 0 bridgehead atoms. The largest absolute Gasteiger partial charge is 0.480 e. The Morgan fingerprint density at radius 1 is 1.41 bits per heavy atom. The van der Waals surface area contributed by atoms with Gasteiger partial charge in [0.2, 0.25) is 0 Å². The van der Waals surface area contributed by atoms with Crippen LogP contribution in [0.4, 0.5) is 0 Å². The van der Waals surface area contributed by atoms with Crippen molar-refractivity contribution in [3.63, 3.8) is 0 Å². The number of amides is 1. The predicted molar refractivity (Wildman–Crippen MR) is 70.4 cm³/mol. The number of carboxylic acid groups (broad SMARTS) is 1. The fourth-order valence-corrected chi connectivity index (χ4v) is 2.58. The highest BCUT2D eigenvalue weighted by Crippen LogP contribution is 2.24. The molecule has 17 heavy (non-hydrogen) atoms.